The molecule has 1 aliphatic heterocycles. The summed E-state index contributed by atoms with van der Waals surface area (Å²) in [5, 5.41) is 16.1. The molecule has 3 heterocycles. The molecule has 4 rings (SSSR count). The van der Waals surface area contributed by atoms with Crippen LogP contribution in [0.15, 0.2) is 48.5 Å². The molecule has 14 heteroatoms. The summed E-state index contributed by atoms with van der Waals surface area (Å²) in [7, 11) is 0. The monoisotopic (exact) mass is 625 g/mol. The van der Waals surface area contributed by atoms with Crippen molar-refractivity contribution < 1.29 is 32.7 Å². The van der Waals surface area contributed by atoms with Gasteiger partial charge < -0.3 is 26.8 Å². The second kappa shape index (κ2) is 14.5. The second-order valence-corrected chi connectivity index (χ2v) is 11.5. The number of thiophene rings is 1. The molecule has 1 saturated heterocycles. The van der Waals surface area contributed by atoms with E-state index in [1.165, 1.54) is 11.1 Å². The second-order valence-electron chi connectivity index (χ2n) is 9.76. The summed E-state index contributed by atoms with van der Waals surface area (Å²) in [6, 6.07) is 14.9. The number of amides is 2. The van der Waals surface area contributed by atoms with Gasteiger partial charge in [0.1, 0.15) is 11.9 Å². The number of aryl methyl sites for hydroxylation is 1. The van der Waals surface area contributed by atoms with E-state index in [-0.39, 0.29) is 17.9 Å². The number of nitrogen functional groups attached to an aromatic ring is 1. The van der Waals surface area contributed by atoms with Gasteiger partial charge in [-0.1, -0.05) is 41.9 Å². The Kier molecular flexibility index (Phi) is 11.3. The molecule has 0 spiro atoms. The number of hydrogen-bond donors (Lipinski definition) is 5. The number of carboxylic acids is 1. The minimum atomic E-state index is -5.08. The van der Waals surface area contributed by atoms with Crippen LogP contribution in [0, 0.1) is 12.8 Å². The van der Waals surface area contributed by atoms with Gasteiger partial charge in [-0.2, -0.15) is 13.2 Å². The molecular formula is C28H31ClF3N5O4S. The van der Waals surface area contributed by atoms with Crippen LogP contribution in [0.3, 0.4) is 0 Å². The van der Waals surface area contributed by atoms with Crippen LogP contribution in [-0.2, 0) is 27.3 Å². The van der Waals surface area contributed by atoms with Gasteiger partial charge in [0.2, 0.25) is 11.8 Å². The molecule has 1 aromatic carbocycles. The first-order valence-electron chi connectivity index (χ1n) is 12.9. The van der Waals surface area contributed by atoms with Crippen molar-refractivity contribution in [1.82, 2.24) is 20.9 Å². The van der Waals surface area contributed by atoms with Gasteiger partial charge in [0.25, 0.3) is 0 Å². The van der Waals surface area contributed by atoms with E-state index < -0.39 is 18.2 Å². The Morgan fingerprint density at radius 2 is 1.86 bits per heavy atom. The summed E-state index contributed by atoms with van der Waals surface area (Å²) < 4.78 is 32.5. The largest absolute Gasteiger partial charge is 0.490 e. The van der Waals surface area contributed by atoms with Crippen LogP contribution >= 0.6 is 22.9 Å². The lowest BCUT2D eigenvalue weighted by Crippen LogP contribution is -2.50. The third kappa shape index (κ3) is 9.43. The molecule has 0 bridgehead atoms. The van der Waals surface area contributed by atoms with Gasteiger partial charge in [-0.3, -0.25) is 9.59 Å². The zero-order valence-electron chi connectivity index (χ0n) is 22.8. The molecule has 6 N–H and O–H groups in total. The molecule has 0 unspecified atom stereocenters. The summed E-state index contributed by atoms with van der Waals surface area (Å²) >= 11 is 7.71. The summed E-state index contributed by atoms with van der Waals surface area (Å²) in [6.45, 7) is 4.62. The number of aromatic nitrogens is 1. The SMILES string of the molecule is Cc1nc(N)ccc1CNC(=O)[C@H](C)NC(=O)[C@H]1C[C@H](Cc2ccccc2-c2ccc(Cl)s2)CN1.O=C(O)C(F)(F)F. The average molecular weight is 626 g/mol. The Morgan fingerprint density at radius 1 is 1.17 bits per heavy atom. The number of anilines is 1. The quantitative estimate of drug-likeness (QED) is 0.250. The summed E-state index contributed by atoms with van der Waals surface area (Å²) in [4.78, 5) is 39.6. The smallest absolute Gasteiger partial charge is 0.475 e. The van der Waals surface area contributed by atoms with Crippen molar-refractivity contribution in [2.75, 3.05) is 12.3 Å². The third-order valence-electron chi connectivity index (χ3n) is 6.57. The number of hydrogen-bond acceptors (Lipinski definition) is 7. The fourth-order valence-corrected chi connectivity index (χ4v) is 5.49. The molecule has 0 radical (unpaired) electrons. The normalized spacial score (nSPS) is 17.1. The van der Waals surface area contributed by atoms with Crippen LogP contribution in [-0.4, -0.2) is 52.7 Å². The third-order valence-corrected chi connectivity index (χ3v) is 7.83. The lowest BCUT2D eigenvalue weighted by Gasteiger charge is -2.18. The molecule has 0 saturated carbocycles. The van der Waals surface area contributed by atoms with Crippen molar-refractivity contribution >= 4 is 46.5 Å². The number of halogens is 4. The number of carbonyl (C=O) groups is 3. The van der Waals surface area contributed by atoms with Gasteiger partial charge in [-0.05, 0) is 74.0 Å². The Morgan fingerprint density at radius 3 is 2.48 bits per heavy atom. The molecule has 0 aliphatic carbocycles. The first-order valence-corrected chi connectivity index (χ1v) is 14.1. The number of rotatable bonds is 8. The summed E-state index contributed by atoms with van der Waals surface area (Å²) in [6.07, 6.45) is -3.50. The number of aliphatic carboxylic acids is 1. The summed E-state index contributed by atoms with van der Waals surface area (Å²) in [5.41, 5.74) is 9.77. The molecule has 3 aromatic rings. The topological polar surface area (TPSA) is 146 Å². The maximum absolute atomic E-state index is 12.8. The van der Waals surface area contributed by atoms with Crippen molar-refractivity contribution in [3.05, 3.63) is 69.7 Å². The Labute approximate surface area is 249 Å². The molecule has 3 atom stereocenters. The maximum Gasteiger partial charge on any atom is 0.490 e. The molecular weight excluding hydrogens is 595 g/mol. The highest BCUT2D eigenvalue weighted by atomic mass is 35.5. The minimum absolute atomic E-state index is 0.154. The molecule has 42 heavy (non-hydrogen) atoms. The van der Waals surface area contributed by atoms with Crippen molar-refractivity contribution in [2.45, 2.75) is 51.5 Å². The minimum Gasteiger partial charge on any atom is -0.475 e. The zero-order chi connectivity index (χ0) is 31.0. The number of pyridine rings is 1. The van der Waals surface area contributed by atoms with E-state index >= 15 is 0 Å². The van der Waals surface area contributed by atoms with Gasteiger partial charge in [0.15, 0.2) is 0 Å². The van der Waals surface area contributed by atoms with E-state index in [0.717, 1.165) is 39.9 Å². The van der Waals surface area contributed by atoms with E-state index in [0.29, 0.717) is 18.3 Å². The number of benzene rings is 1. The molecule has 2 aromatic heterocycles. The number of carbonyl (C=O) groups excluding carboxylic acids is 2. The van der Waals surface area contributed by atoms with Crippen LogP contribution in [0.25, 0.3) is 10.4 Å². The first kappa shape index (κ1) is 32.8. The van der Waals surface area contributed by atoms with Crippen molar-refractivity contribution in [2.24, 2.45) is 5.92 Å². The average Bonchev–Trinajstić information content (AvgIpc) is 3.57. The van der Waals surface area contributed by atoms with Gasteiger partial charge in [-0.25, -0.2) is 9.78 Å². The Bertz CT molecular complexity index is 1420. The van der Waals surface area contributed by atoms with E-state index in [9.17, 15) is 22.8 Å². The zero-order valence-corrected chi connectivity index (χ0v) is 24.4. The van der Waals surface area contributed by atoms with E-state index in [4.69, 9.17) is 27.2 Å². The first-order chi connectivity index (χ1) is 19.7. The Balaban J connectivity index is 0.000000616. The lowest BCUT2D eigenvalue weighted by molar-refractivity contribution is -0.192. The van der Waals surface area contributed by atoms with Crippen molar-refractivity contribution in [3.8, 4) is 10.4 Å². The highest BCUT2D eigenvalue weighted by Gasteiger charge is 2.38. The number of nitrogens with one attached hydrogen (secondary N) is 3. The molecule has 9 nitrogen and oxygen atoms in total. The summed E-state index contributed by atoms with van der Waals surface area (Å²) in [5.74, 6) is -2.38. The van der Waals surface area contributed by atoms with E-state index in [2.05, 4.69) is 33.1 Å². The van der Waals surface area contributed by atoms with Crippen LogP contribution in [0.2, 0.25) is 4.34 Å². The van der Waals surface area contributed by atoms with Crippen LogP contribution < -0.4 is 21.7 Å². The predicted molar refractivity (Wildman–Crippen MR) is 155 cm³/mol. The van der Waals surface area contributed by atoms with E-state index in [1.807, 2.05) is 37.3 Å². The number of alkyl halides is 3. The van der Waals surface area contributed by atoms with E-state index in [1.54, 1.807) is 24.3 Å². The van der Waals surface area contributed by atoms with Crippen LogP contribution in [0.5, 0.6) is 0 Å². The maximum atomic E-state index is 12.8. The van der Waals surface area contributed by atoms with Crippen LogP contribution in [0.4, 0.5) is 19.0 Å². The van der Waals surface area contributed by atoms with Gasteiger partial charge >= 0.3 is 12.1 Å². The van der Waals surface area contributed by atoms with Crippen molar-refractivity contribution in [3.63, 3.8) is 0 Å². The fraction of sp³-hybridized carbons (Fsp3) is 0.357. The molecule has 1 fully saturated rings. The number of nitrogens with two attached hydrogens (primary N) is 1. The Hall–Kier alpha value is -3.68. The number of carboxylic acid groups (broad SMARTS) is 1. The van der Waals surface area contributed by atoms with Gasteiger partial charge in [0, 0.05) is 17.1 Å². The molecule has 226 valence electrons. The van der Waals surface area contributed by atoms with Gasteiger partial charge in [0.05, 0.1) is 10.4 Å². The standard InChI is InChI=1S/C26H30ClN5O2S.C2HF3O2/c1-15-19(7-10-24(28)31-15)14-30-25(33)16(2)32-26(34)21-12-17(13-29-21)11-18-5-3-4-6-20(18)22-8-9-23(27)35-22;3-2(4,5)1(6)7/h3-10,16-17,21,29H,11-14H2,1-2H3,(H2,28,31)(H,30,33)(H,32,34);(H,6,7)/t16-,17-,21+;/m0./s1. The van der Waals surface area contributed by atoms with Gasteiger partial charge in [-0.15, -0.1) is 11.3 Å². The van der Waals surface area contributed by atoms with Crippen LogP contribution in [0.1, 0.15) is 30.2 Å². The fourth-order valence-electron chi connectivity index (χ4n) is 4.38. The lowest BCUT2D eigenvalue weighted by atomic mass is 9.93. The highest BCUT2D eigenvalue weighted by Crippen LogP contribution is 2.34. The number of nitrogens with zero attached hydrogens (tertiary/aromatic N) is 1. The van der Waals surface area contributed by atoms with Crippen molar-refractivity contribution in [1.29, 1.82) is 0 Å². The highest BCUT2D eigenvalue weighted by molar-refractivity contribution is 7.19. The molecule has 1 aliphatic rings. The predicted octanol–water partition coefficient (Wildman–Crippen LogP) is 4.33. The molecule has 2 amide bonds.